The van der Waals surface area contributed by atoms with Crippen molar-refractivity contribution in [3.63, 3.8) is 0 Å². The van der Waals surface area contributed by atoms with Crippen molar-refractivity contribution >= 4 is 17.9 Å². The molecular weight excluding hydrogens is 817 g/mol. The molecule has 1 unspecified atom stereocenters. The summed E-state index contributed by atoms with van der Waals surface area (Å²) < 4.78 is 16.9. The number of carbonyl (C=O) groups is 3. The van der Waals surface area contributed by atoms with Crippen LogP contribution in [0.4, 0.5) is 0 Å². The molecule has 6 heteroatoms. The second kappa shape index (κ2) is 52.8. The van der Waals surface area contributed by atoms with Crippen LogP contribution >= 0.6 is 0 Å². The maximum absolute atomic E-state index is 12.9. The van der Waals surface area contributed by atoms with Crippen LogP contribution in [0.2, 0.25) is 0 Å². The Kier molecular flexibility index (Phi) is 51.5. The van der Waals surface area contributed by atoms with Gasteiger partial charge in [-0.05, 0) is 31.1 Å². The number of carbonyl (C=O) groups excluding carboxylic acids is 3. The number of unbranched alkanes of at least 4 members (excludes halogenated alkanes) is 38. The van der Waals surface area contributed by atoms with E-state index >= 15 is 0 Å². The summed E-state index contributed by atoms with van der Waals surface area (Å²) >= 11 is 0. The van der Waals surface area contributed by atoms with Crippen molar-refractivity contribution in [3.05, 3.63) is 0 Å². The van der Waals surface area contributed by atoms with Crippen molar-refractivity contribution in [3.8, 4) is 0 Å². The van der Waals surface area contributed by atoms with E-state index in [1.54, 1.807) is 0 Å². The molecule has 0 saturated heterocycles. The van der Waals surface area contributed by atoms with Gasteiger partial charge in [0.2, 0.25) is 0 Å². The topological polar surface area (TPSA) is 78.9 Å². The van der Waals surface area contributed by atoms with Gasteiger partial charge in [-0.25, -0.2) is 0 Å². The van der Waals surface area contributed by atoms with E-state index in [0.717, 1.165) is 69.6 Å². The average Bonchev–Trinajstić information content (AvgIpc) is 3.30. The van der Waals surface area contributed by atoms with Crippen LogP contribution in [0.15, 0.2) is 0 Å². The monoisotopic (exact) mass is 933 g/mol. The van der Waals surface area contributed by atoms with E-state index < -0.39 is 6.10 Å². The smallest absolute Gasteiger partial charge is 0.306 e. The van der Waals surface area contributed by atoms with Crippen molar-refractivity contribution < 1.29 is 28.6 Å². The molecule has 0 saturated carbocycles. The number of rotatable bonds is 54. The van der Waals surface area contributed by atoms with E-state index in [0.29, 0.717) is 19.3 Å². The number of esters is 3. The maximum atomic E-state index is 12.9. The molecule has 2 atom stereocenters. The third kappa shape index (κ3) is 51.8. The third-order valence-corrected chi connectivity index (χ3v) is 14.1. The van der Waals surface area contributed by atoms with Crippen LogP contribution in [0, 0.1) is 11.8 Å². The Morgan fingerprint density at radius 2 is 0.576 bits per heavy atom. The lowest BCUT2D eigenvalue weighted by Gasteiger charge is -2.18. The van der Waals surface area contributed by atoms with Crippen molar-refractivity contribution in [1.82, 2.24) is 0 Å². The van der Waals surface area contributed by atoms with Gasteiger partial charge in [0.15, 0.2) is 6.10 Å². The SMILES string of the molecule is CCCCCCCCCCCCCC(=O)OC[C@@H](COC(=O)CCCCCCCCCCCCCCCCCCC(C)C)OC(=O)CCCCCCCCCCCCCCCCC(C)CC. The lowest BCUT2D eigenvalue weighted by atomic mass is 9.99. The number of ether oxygens (including phenoxy) is 3. The van der Waals surface area contributed by atoms with Gasteiger partial charge in [-0.1, -0.05) is 298 Å². The zero-order valence-electron chi connectivity index (χ0n) is 45.3. The highest BCUT2D eigenvalue weighted by atomic mass is 16.6. The molecule has 0 aromatic rings. The lowest BCUT2D eigenvalue weighted by molar-refractivity contribution is -0.167. The molecule has 66 heavy (non-hydrogen) atoms. The van der Waals surface area contributed by atoms with Gasteiger partial charge < -0.3 is 14.2 Å². The van der Waals surface area contributed by atoms with Crippen molar-refractivity contribution in [1.29, 1.82) is 0 Å². The first-order valence-electron chi connectivity index (χ1n) is 29.8. The van der Waals surface area contributed by atoms with E-state index in [2.05, 4.69) is 34.6 Å². The van der Waals surface area contributed by atoms with Crippen LogP contribution in [0.3, 0.4) is 0 Å². The molecule has 0 aliphatic heterocycles. The van der Waals surface area contributed by atoms with Gasteiger partial charge in [-0.3, -0.25) is 14.4 Å². The predicted octanol–water partition coefficient (Wildman–Crippen LogP) is 19.7. The molecule has 0 N–H and O–H groups in total. The van der Waals surface area contributed by atoms with E-state index in [9.17, 15) is 14.4 Å². The molecule has 0 radical (unpaired) electrons. The fourth-order valence-electron chi connectivity index (χ4n) is 9.20. The summed E-state index contributed by atoms with van der Waals surface area (Å²) in [5, 5.41) is 0. The summed E-state index contributed by atoms with van der Waals surface area (Å²) in [6, 6.07) is 0. The Labute approximate surface area is 412 Å². The molecule has 0 aliphatic carbocycles. The first-order valence-corrected chi connectivity index (χ1v) is 29.8. The summed E-state index contributed by atoms with van der Waals surface area (Å²) in [6.07, 6.45) is 56.6. The summed E-state index contributed by atoms with van der Waals surface area (Å²) in [5.74, 6) is 0.910. The largest absolute Gasteiger partial charge is 0.462 e. The molecule has 0 amide bonds. The van der Waals surface area contributed by atoms with Crippen molar-refractivity contribution in [2.75, 3.05) is 13.2 Å². The van der Waals surface area contributed by atoms with Gasteiger partial charge in [0.1, 0.15) is 13.2 Å². The molecule has 0 heterocycles. The summed E-state index contributed by atoms with van der Waals surface area (Å²) in [6.45, 7) is 11.5. The number of hydrogen-bond acceptors (Lipinski definition) is 6. The van der Waals surface area contributed by atoms with Crippen LogP contribution in [0.1, 0.15) is 336 Å². The summed E-state index contributed by atoms with van der Waals surface area (Å²) in [5.41, 5.74) is 0. The van der Waals surface area contributed by atoms with Crippen LogP contribution in [-0.4, -0.2) is 37.2 Å². The van der Waals surface area contributed by atoms with Crippen LogP contribution < -0.4 is 0 Å². The average molecular weight is 934 g/mol. The van der Waals surface area contributed by atoms with Gasteiger partial charge in [0.25, 0.3) is 0 Å². The van der Waals surface area contributed by atoms with E-state index in [4.69, 9.17) is 14.2 Å². The molecular formula is C60H116O6. The highest BCUT2D eigenvalue weighted by Gasteiger charge is 2.19. The minimum absolute atomic E-state index is 0.0624. The van der Waals surface area contributed by atoms with Gasteiger partial charge in [0, 0.05) is 19.3 Å². The fourth-order valence-corrected chi connectivity index (χ4v) is 9.20. The Morgan fingerprint density at radius 1 is 0.318 bits per heavy atom. The van der Waals surface area contributed by atoms with Gasteiger partial charge in [0.05, 0.1) is 0 Å². The Hall–Kier alpha value is -1.59. The second-order valence-corrected chi connectivity index (χ2v) is 21.4. The lowest BCUT2D eigenvalue weighted by Crippen LogP contribution is -2.30. The van der Waals surface area contributed by atoms with Gasteiger partial charge >= 0.3 is 17.9 Å². The Bertz CT molecular complexity index is 1010. The standard InChI is InChI=1S/C60H116O6/c1-6-8-9-10-11-12-23-30-35-40-45-50-58(61)64-53-57(66-60(63)52-47-42-37-32-27-22-18-17-20-25-29-34-39-44-49-56(5)7-2)54-65-59(62)51-46-41-36-31-26-21-16-14-13-15-19-24-28-33-38-43-48-55(3)4/h55-57H,6-54H2,1-5H3/t56?,57-/m0/s1. The first kappa shape index (κ1) is 64.4. The molecule has 0 aliphatic rings. The normalized spacial score (nSPS) is 12.5. The Morgan fingerprint density at radius 3 is 0.864 bits per heavy atom. The zero-order valence-corrected chi connectivity index (χ0v) is 45.3. The van der Waals surface area contributed by atoms with Crippen molar-refractivity contribution in [2.45, 2.75) is 343 Å². The molecule has 6 nitrogen and oxygen atoms in total. The van der Waals surface area contributed by atoms with E-state index in [-0.39, 0.29) is 31.1 Å². The van der Waals surface area contributed by atoms with Crippen LogP contribution in [0.5, 0.6) is 0 Å². The van der Waals surface area contributed by atoms with E-state index in [1.807, 2.05) is 0 Å². The summed E-state index contributed by atoms with van der Waals surface area (Å²) in [7, 11) is 0. The molecule has 0 aromatic carbocycles. The van der Waals surface area contributed by atoms with Gasteiger partial charge in [-0.15, -0.1) is 0 Å². The second-order valence-electron chi connectivity index (χ2n) is 21.4. The molecule has 0 fully saturated rings. The van der Waals surface area contributed by atoms with E-state index in [1.165, 1.54) is 225 Å². The zero-order chi connectivity index (χ0) is 48.2. The maximum Gasteiger partial charge on any atom is 0.306 e. The van der Waals surface area contributed by atoms with Crippen LogP contribution in [-0.2, 0) is 28.6 Å². The molecule has 0 aromatic heterocycles. The molecule has 0 bridgehead atoms. The highest BCUT2D eigenvalue weighted by molar-refractivity contribution is 5.71. The minimum Gasteiger partial charge on any atom is -0.462 e. The van der Waals surface area contributed by atoms with Gasteiger partial charge in [-0.2, -0.15) is 0 Å². The predicted molar refractivity (Wildman–Crippen MR) is 284 cm³/mol. The van der Waals surface area contributed by atoms with Crippen molar-refractivity contribution in [2.24, 2.45) is 11.8 Å². The molecule has 0 rings (SSSR count). The quantitative estimate of drug-likeness (QED) is 0.0343. The summed E-state index contributed by atoms with van der Waals surface area (Å²) in [4.78, 5) is 38.1. The highest BCUT2D eigenvalue weighted by Crippen LogP contribution is 2.19. The van der Waals surface area contributed by atoms with Crippen LogP contribution in [0.25, 0.3) is 0 Å². The Balaban J connectivity index is 4.25. The minimum atomic E-state index is -0.762. The first-order chi connectivity index (χ1) is 32.3. The number of hydrogen-bond donors (Lipinski definition) is 0. The molecule has 0 spiro atoms. The third-order valence-electron chi connectivity index (χ3n) is 14.1. The molecule has 392 valence electrons. The fraction of sp³-hybridized carbons (Fsp3) is 0.950.